The SMILES string of the molecule is COc1ccc(N(C)S(=O)(=O)c2cccc(C(=O)Nc3cccc(-c4noc(=O)[nH]4)c3)c2)cc1. The fourth-order valence-electron chi connectivity index (χ4n) is 3.19. The molecule has 1 aromatic heterocycles. The lowest BCUT2D eigenvalue weighted by molar-refractivity contribution is 0.102. The zero-order chi connectivity index (χ0) is 24.3. The van der Waals surface area contributed by atoms with Gasteiger partial charge in [-0.1, -0.05) is 23.4 Å². The Bertz CT molecular complexity index is 1490. The Balaban J connectivity index is 1.56. The predicted octanol–water partition coefficient (Wildman–Crippen LogP) is 3.12. The first-order valence-electron chi connectivity index (χ1n) is 9.99. The molecule has 0 aliphatic carbocycles. The summed E-state index contributed by atoms with van der Waals surface area (Å²) in [5, 5.41) is 6.34. The number of amides is 1. The largest absolute Gasteiger partial charge is 0.497 e. The van der Waals surface area contributed by atoms with Crippen molar-refractivity contribution in [2.24, 2.45) is 0 Å². The second-order valence-electron chi connectivity index (χ2n) is 7.18. The van der Waals surface area contributed by atoms with Gasteiger partial charge in [0.05, 0.1) is 17.7 Å². The third kappa shape index (κ3) is 4.69. The molecule has 2 N–H and O–H groups in total. The van der Waals surface area contributed by atoms with Gasteiger partial charge in [-0.05, 0) is 54.6 Å². The molecule has 3 aromatic carbocycles. The van der Waals surface area contributed by atoms with Crippen molar-refractivity contribution in [3.63, 3.8) is 0 Å². The molecule has 0 bridgehead atoms. The van der Waals surface area contributed by atoms with Crippen LogP contribution in [0.2, 0.25) is 0 Å². The lowest BCUT2D eigenvalue weighted by Gasteiger charge is -2.20. The van der Waals surface area contributed by atoms with Crippen molar-refractivity contribution >= 4 is 27.3 Å². The number of carbonyl (C=O) groups excluding carboxylic acids is 1. The minimum atomic E-state index is -3.92. The number of methoxy groups -OCH3 is 1. The Hall–Kier alpha value is -4.38. The van der Waals surface area contributed by atoms with Crippen molar-refractivity contribution in [1.29, 1.82) is 0 Å². The number of aromatic amines is 1. The molecule has 0 unspecified atom stereocenters. The number of carbonyl (C=O) groups is 1. The monoisotopic (exact) mass is 480 g/mol. The molecule has 4 aromatic rings. The van der Waals surface area contributed by atoms with E-state index in [9.17, 15) is 18.0 Å². The number of anilines is 2. The summed E-state index contributed by atoms with van der Waals surface area (Å²) in [6, 6.07) is 18.9. The molecule has 1 amide bonds. The highest BCUT2D eigenvalue weighted by molar-refractivity contribution is 7.92. The quantitative estimate of drug-likeness (QED) is 0.415. The first kappa shape index (κ1) is 22.8. The Morgan fingerprint density at radius 1 is 1.06 bits per heavy atom. The third-order valence-electron chi connectivity index (χ3n) is 5.02. The van der Waals surface area contributed by atoms with Crippen LogP contribution in [-0.2, 0) is 10.0 Å². The van der Waals surface area contributed by atoms with Gasteiger partial charge in [-0.2, -0.15) is 0 Å². The first-order valence-corrected chi connectivity index (χ1v) is 11.4. The van der Waals surface area contributed by atoms with Crippen molar-refractivity contribution in [1.82, 2.24) is 10.1 Å². The zero-order valence-electron chi connectivity index (χ0n) is 18.2. The van der Waals surface area contributed by atoms with E-state index in [-0.39, 0.29) is 16.3 Å². The highest BCUT2D eigenvalue weighted by atomic mass is 32.2. The molecule has 4 rings (SSSR count). The predicted molar refractivity (Wildman–Crippen MR) is 126 cm³/mol. The number of ether oxygens (including phenoxy) is 1. The van der Waals surface area contributed by atoms with Gasteiger partial charge in [-0.3, -0.25) is 18.6 Å². The van der Waals surface area contributed by atoms with E-state index in [1.807, 2.05) is 0 Å². The molecular weight excluding hydrogens is 460 g/mol. The lowest BCUT2D eigenvalue weighted by atomic mass is 10.1. The van der Waals surface area contributed by atoms with Crippen LogP contribution in [0.4, 0.5) is 11.4 Å². The van der Waals surface area contributed by atoms with Gasteiger partial charge in [0.25, 0.3) is 15.9 Å². The molecule has 0 fully saturated rings. The number of aromatic nitrogens is 2. The Kier molecular flexibility index (Phi) is 6.19. The van der Waals surface area contributed by atoms with Crippen molar-refractivity contribution in [3.8, 4) is 17.1 Å². The molecule has 0 aliphatic rings. The molecule has 1 heterocycles. The van der Waals surface area contributed by atoms with Gasteiger partial charge in [0.15, 0.2) is 5.82 Å². The second-order valence-corrected chi connectivity index (χ2v) is 9.15. The zero-order valence-corrected chi connectivity index (χ0v) is 19.0. The van der Waals surface area contributed by atoms with E-state index >= 15 is 0 Å². The Morgan fingerprint density at radius 2 is 1.79 bits per heavy atom. The molecule has 0 atom stereocenters. The summed E-state index contributed by atoms with van der Waals surface area (Å²) >= 11 is 0. The summed E-state index contributed by atoms with van der Waals surface area (Å²) < 4.78 is 37.0. The summed E-state index contributed by atoms with van der Waals surface area (Å²) in [5.41, 5.74) is 1.55. The van der Waals surface area contributed by atoms with Gasteiger partial charge in [0.1, 0.15) is 5.75 Å². The van der Waals surface area contributed by atoms with Crippen molar-refractivity contribution in [2.75, 3.05) is 23.8 Å². The highest BCUT2D eigenvalue weighted by Crippen LogP contribution is 2.25. The van der Waals surface area contributed by atoms with E-state index in [0.717, 1.165) is 4.31 Å². The molecule has 34 heavy (non-hydrogen) atoms. The minimum absolute atomic E-state index is 0.0348. The smallest absolute Gasteiger partial charge is 0.439 e. The fraction of sp³-hybridized carbons (Fsp3) is 0.0870. The van der Waals surface area contributed by atoms with Crippen LogP contribution >= 0.6 is 0 Å². The van der Waals surface area contributed by atoms with Crippen LogP contribution in [0.5, 0.6) is 5.75 Å². The molecule has 0 spiro atoms. The van der Waals surface area contributed by atoms with Crippen LogP contribution in [0, 0.1) is 0 Å². The van der Waals surface area contributed by atoms with Gasteiger partial charge in [0, 0.05) is 23.9 Å². The highest BCUT2D eigenvalue weighted by Gasteiger charge is 2.22. The second kappa shape index (κ2) is 9.24. The van der Waals surface area contributed by atoms with E-state index < -0.39 is 21.7 Å². The summed E-state index contributed by atoms with van der Waals surface area (Å²) in [6.07, 6.45) is 0. The molecule has 0 aliphatic heterocycles. The molecule has 174 valence electrons. The Labute approximate surface area is 194 Å². The number of sulfonamides is 1. The van der Waals surface area contributed by atoms with Gasteiger partial charge >= 0.3 is 5.76 Å². The minimum Gasteiger partial charge on any atom is -0.497 e. The fourth-order valence-corrected chi connectivity index (χ4v) is 4.43. The normalized spacial score (nSPS) is 11.1. The van der Waals surface area contributed by atoms with Crippen LogP contribution in [-0.4, -0.2) is 38.6 Å². The lowest BCUT2D eigenvalue weighted by Crippen LogP contribution is -2.26. The molecule has 0 saturated carbocycles. The van der Waals surface area contributed by atoms with Crippen molar-refractivity contribution in [2.45, 2.75) is 4.90 Å². The molecular formula is C23H20N4O6S. The van der Waals surface area contributed by atoms with Crippen LogP contribution in [0.1, 0.15) is 10.4 Å². The summed E-state index contributed by atoms with van der Waals surface area (Å²) in [5.74, 6) is -0.375. The molecule has 10 nitrogen and oxygen atoms in total. The number of nitrogens with one attached hydrogen (secondary N) is 2. The summed E-state index contributed by atoms with van der Waals surface area (Å²) in [7, 11) is -0.961. The van der Waals surface area contributed by atoms with Gasteiger partial charge in [-0.25, -0.2) is 13.2 Å². The number of nitrogens with zero attached hydrogens (tertiary/aromatic N) is 2. The number of hydrogen-bond acceptors (Lipinski definition) is 7. The van der Waals surface area contributed by atoms with Crippen molar-refractivity contribution in [3.05, 3.63) is 88.9 Å². The van der Waals surface area contributed by atoms with Crippen molar-refractivity contribution < 1.29 is 22.5 Å². The van der Waals surface area contributed by atoms with E-state index in [2.05, 4.69) is 20.0 Å². The maximum Gasteiger partial charge on any atom is 0.439 e. The standard InChI is InChI=1S/C23H20N4O6S/c1-27(18-9-11-19(32-2)12-10-18)34(30,31)20-8-4-6-16(14-20)22(28)24-17-7-3-5-15(13-17)21-25-23(29)33-26-21/h3-14H,1-2H3,(H,24,28)(H,25,26,29). The average molecular weight is 481 g/mol. The molecule has 0 saturated heterocycles. The molecule has 0 radical (unpaired) electrons. The van der Waals surface area contributed by atoms with Crippen LogP contribution in [0.15, 0.2) is 87.0 Å². The van der Waals surface area contributed by atoms with Gasteiger partial charge < -0.3 is 10.1 Å². The van der Waals surface area contributed by atoms with Crippen LogP contribution < -0.4 is 20.1 Å². The van der Waals surface area contributed by atoms with Gasteiger partial charge in [0.2, 0.25) is 0 Å². The number of hydrogen-bond donors (Lipinski definition) is 2. The average Bonchev–Trinajstić information content (AvgIpc) is 3.30. The number of rotatable bonds is 7. The van der Waals surface area contributed by atoms with Crippen LogP contribution in [0.25, 0.3) is 11.4 Å². The van der Waals surface area contributed by atoms with E-state index in [0.29, 0.717) is 22.7 Å². The topological polar surface area (TPSA) is 135 Å². The maximum absolute atomic E-state index is 13.1. The number of benzene rings is 3. The Morgan fingerprint density at radius 3 is 2.47 bits per heavy atom. The van der Waals surface area contributed by atoms with Crippen LogP contribution in [0.3, 0.4) is 0 Å². The number of H-pyrrole nitrogens is 1. The van der Waals surface area contributed by atoms with E-state index in [1.165, 1.54) is 38.4 Å². The van der Waals surface area contributed by atoms with E-state index in [1.54, 1.807) is 48.5 Å². The summed E-state index contributed by atoms with van der Waals surface area (Å²) in [6.45, 7) is 0. The first-order chi connectivity index (χ1) is 16.3. The summed E-state index contributed by atoms with van der Waals surface area (Å²) in [4.78, 5) is 26.4. The molecule has 11 heteroatoms. The van der Waals surface area contributed by atoms with Gasteiger partial charge in [-0.15, -0.1) is 0 Å². The third-order valence-corrected chi connectivity index (χ3v) is 6.81. The maximum atomic E-state index is 13.1. The van der Waals surface area contributed by atoms with E-state index in [4.69, 9.17) is 4.74 Å².